The minimum absolute atomic E-state index is 0.0265. The van der Waals surface area contributed by atoms with Crippen LogP contribution < -0.4 is 14.4 Å². The predicted molar refractivity (Wildman–Crippen MR) is 152 cm³/mol. The van der Waals surface area contributed by atoms with Gasteiger partial charge in [-0.2, -0.15) is 4.72 Å². The van der Waals surface area contributed by atoms with Crippen molar-refractivity contribution in [2.24, 2.45) is 5.92 Å². The molecule has 0 aliphatic carbocycles. The van der Waals surface area contributed by atoms with E-state index in [4.69, 9.17) is 14.2 Å². The predicted octanol–water partition coefficient (Wildman–Crippen LogP) is 2.69. The number of methoxy groups -OCH3 is 2. The fourth-order valence-corrected chi connectivity index (χ4v) is 6.41. The molecule has 4 rings (SSSR count). The second-order valence-electron chi connectivity index (χ2n) is 10.4. The van der Waals surface area contributed by atoms with Crippen molar-refractivity contribution in [3.63, 3.8) is 0 Å². The number of amides is 1. The minimum atomic E-state index is -4.09. The Labute approximate surface area is 235 Å². The first kappa shape index (κ1) is 29.6. The van der Waals surface area contributed by atoms with Crippen LogP contribution in [0, 0.1) is 5.92 Å². The zero-order valence-corrected chi connectivity index (χ0v) is 24.4. The summed E-state index contributed by atoms with van der Waals surface area (Å²) in [5.74, 6) is -0.657. The van der Waals surface area contributed by atoms with Gasteiger partial charge in [0, 0.05) is 36.9 Å². The van der Waals surface area contributed by atoms with Gasteiger partial charge in [0.1, 0.15) is 12.4 Å². The van der Waals surface area contributed by atoms with Gasteiger partial charge >= 0.3 is 5.97 Å². The third-order valence-corrected chi connectivity index (χ3v) is 8.74. The quantitative estimate of drug-likeness (QED) is 0.410. The molecular weight excluding hydrogens is 534 g/mol. The number of rotatable bonds is 11. The summed E-state index contributed by atoms with van der Waals surface area (Å²) < 4.78 is 45.0. The molecule has 1 amide bonds. The van der Waals surface area contributed by atoms with Crippen LogP contribution in [0.25, 0.3) is 5.57 Å². The fraction of sp³-hybridized carbons (Fsp3) is 0.448. The van der Waals surface area contributed by atoms with E-state index < -0.39 is 21.5 Å². The number of benzene rings is 2. The number of carbonyl (C=O) groups excluding carboxylic acids is 2. The highest BCUT2D eigenvalue weighted by atomic mass is 32.2. The molecular formula is C29H37N3O7S. The third kappa shape index (κ3) is 6.01. The van der Waals surface area contributed by atoms with Crippen LogP contribution in [0.5, 0.6) is 5.75 Å². The molecule has 0 radical (unpaired) electrons. The molecule has 1 unspecified atom stereocenters. The lowest BCUT2D eigenvalue weighted by atomic mass is 9.90. The Morgan fingerprint density at radius 1 is 1.07 bits per heavy atom. The number of nitrogens with one attached hydrogen (secondary N) is 1. The van der Waals surface area contributed by atoms with Crippen LogP contribution in [0.15, 0.2) is 59.5 Å². The highest BCUT2D eigenvalue weighted by molar-refractivity contribution is 7.89. The normalized spacial score (nSPS) is 18.1. The maximum Gasteiger partial charge on any atom is 0.330 e. The monoisotopic (exact) mass is 571 g/mol. The van der Waals surface area contributed by atoms with Crippen molar-refractivity contribution in [3.05, 3.63) is 60.2 Å². The molecule has 216 valence electrons. The van der Waals surface area contributed by atoms with Crippen LogP contribution in [0.1, 0.15) is 26.3 Å². The van der Waals surface area contributed by atoms with Crippen molar-refractivity contribution < 1.29 is 32.2 Å². The Morgan fingerprint density at radius 2 is 1.75 bits per heavy atom. The Bertz CT molecular complexity index is 1370. The molecule has 0 spiro atoms. The lowest BCUT2D eigenvalue weighted by Crippen LogP contribution is -2.75. The van der Waals surface area contributed by atoms with E-state index in [1.165, 1.54) is 24.1 Å². The Hall–Kier alpha value is -3.41. The Balaban J connectivity index is 1.44. The van der Waals surface area contributed by atoms with Gasteiger partial charge < -0.3 is 24.0 Å². The molecule has 1 saturated heterocycles. The summed E-state index contributed by atoms with van der Waals surface area (Å²) in [5.41, 5.74) is 1.71. The van der Waals surface area contributed by atoms with Gasteiger partial charge in [-0.05, 0) is 42.8 Å². The summed E-state index contributed by atoms with van der Waals surface area (Å²) in [6.45, 7) is 7.15. The van der Waals surface area contributed by atoms with E-state index in [9.17, 15) is 18.0 Å². The molecule has 2 aromatic rings. The topological polar surface area (TPSA) is 114 Å². The van der Waals surface area contributed by atoms with Crippen LogP contribution in [0.2, 0.25) is 0 Å². The number of anilines is 1. The molecule has 10 nitrogen and oxygen atoms in total. The summed E-state index contributed by atoms with van der Waals surface area (Å²) in [5, 5.41) is 0. The highest BCUT2D eigenvalue weighted by Gasteiger charge is 2.54. The summed E-state index contributed by atoms with van der Waals surface area (Å²) in [6.07, 6.45) is 2.17. The SMILES string of the molecule is COCCN1c2ccccc2C(COc2ccc(S(=O)(=O)NC3(C(=O)OC)CN(C(=O)C(C)C)C3)cc2)=CC1C. The standard InChI is InChI=1S/C29H37N3O7S/c1-20(2)27(33)31-18-29(19-31,28(34)38-5)30-40(35,36)24-12-10-23(11-13-24)39-17-22-16-21(3)32(14-15-37-4)26-9-7-6-8-25(22)26/h6-13,16,20-21,30H,14-15,17-19H2,1-5H3. The smallest absolute Gasteiger partial charge is 0.330 e. The van der Waals surface area contributed by atoms with E-state index in [-0.39, 0.29) is 35.9 Å². The van der Waals surface area contributed by atoms with Crippen molar-refractivity contribution in [1.82, 2.24) is 9.62 Å². The van der Waals surface area contributed by atoms with E-state index in [0.29, 0.717) is 19.0 Å². The van der Waals surface area contributed by atoms with E-state index >= 15 is 0 Å². The van der Waals surface area contributed by atoms with Gasteiger partial charge in [-0.25, -0.2) is 13.2 Å². The van der Waals surface area contributed by atoms with Gasteiger partial charge in [-0.3, -0.25) is 4.79 Å². The first-order valence-electron chi connectivity index (χ1n) is 13.2. The van der Waals surface area contributed by atoms with Crippen molar-refractivity contribution in [2.75, 3.05) is 52.0 Å². The maximum atomic E-state index is 13.2. The lowest BCUT2D eigenvalue weighted by molar-refractivity contribution is -0.161. The van der Waals surface area contributed by atoms with Crippen molar-refractivity contribution >= 4 is 33.2 Å². The zero-order chi connectivity index (χ0) is 29.1. The third-order valence-electron chi connectivity index (χ3n) is 7.19. The van der Waals surface area contributed by atoms with Gasteiger partial charge in [0.2, 0.25) is 15.9 Å². The number of para-hydroxylation sites is 1. The molecule has 2 heterocycles. The second-order valence-corrected chi connectivity index (χ2v) is 12.1. The Morgan fingerprint density at radius 3 is 2.38 bits per heavy atom. The number of hydrogen-bond donors (Lipinski definition) is 1. The molecule has 1 fully saturated rings. The molecule has 2 aliphatic rings. The van der Waals surface area contributed by atoms with Crippen LogP contribution in [-0.2, 0) is 29.1 Å². The Kier molecular flexibility index (Phi) is 8.86. The molecule has 0 saturated carbocycles. The number of likely N-dealkylation sites (tertiary alicyclic amines) is 1. The van der Waals surface area contributed by atoms with Crippen molar-refractivity contribution in [1.29, 1.82) is 0 Å². The largest absolute Gasteiger partial charge is 0.489 e. The summed E-state index contributed by atoms with van der Waals surface area (Å²) in [6, 6.07) is 14.3. The van der Waals surface area contributed by atoms with E-state index in [2.05, 4.69) is 34.8 Å². The van der Waals surface area contributed by atoms with Gasteiger partial charge in [0.15, 0.2) is 5.54 Å². The number of fused-ring (bicyclic) bond motifs is 1. The lowest BCUT2D eigenvalue weighted by Gasteiger charge is -2.48. The first-order valence-corrected chi connectivity index (χ1v) is 14.7. The summed E-state index contributed by atoms with van der Waals surface area (Å²) in [4.78, 5) is 28.5. The van der Waals surface area contributed by atoms with Crippen molar-refractivity contribution in [2.45, 2.75) is 37.2 Å². The average Bonchev–Trinajstić information content (AvgIpc) is 2.92. The van der Waals surface area contributed by atoms with E-state index in [1.54, 1.807) is 33.1 Å². The van der Waals surface area contributed by atoms with Crippen LogP contribution in [0.3, 0.4) is 0 Å². The summed E-state index contributed by atoms with van der Waals surface area (Å²) >= 11 is 0. The average molecular weight is 572 g/mol. The minimum Gasteiger partial charge on any atom is -0.489 e. The first-order chi connectivity index (χ1) is 19.0. The highest BCUT2D eigenvalue weighted by Crippen LogP contribution is 2.34. The molecule has 40 heavy (non-hydrogen) atoms. The van der Waals surface area contributed by atoms with Gasteiger partial charge in [-0.15, -0.1) is 0 Å². The summed E-state index contributed by atoms with van der Waals surface area (Å²) in [7, 11) is -1.21. The number of hydrogen-bond acceptors (Lipinski definition) is 8. The molecule has 2 aromatic carbocycles. The molecule has 11 heteroatoms. The molecule has 0 aromatic heterocycles. The fourth-order valence-electron chi connectivity index (χ4n) is 5.07. The van der Waals surface area contributed by atoms with Gasteiger partial charge in [0.05, 0.1) is 31.7 Å². The molecule has 2 aliphatic heterocycles. The van der Waals surface area contributed by atoms with Crippen LogP contribution in [-0.4, -0.2) is 83.8 Å². The van der Waals surface area contributed by atoms with Gasteiger partial charge in [0.25, 0.3) is 0 Å². The zero-order valence-electron chi connectivity index (χ0n) is 23.5. The second kappa shape index (κ2) is 12.0. The number of sulfonamides is 1. The number of esters is 1. The number of ether oxygens (including phenoxy) is 3. The maximum absolute atomic E-state index is 13.2. The van der Waals surface area contributed by atoms with Crippen LogP contribution in [0.4, 0.5) is 5.69 Å². The number of nitrogens with zero attached hydrogens (tertiary/aromatic N) is 2. The van der Waals surface area contributed by atoms with Gasteiger partial charge in [-0.1, -0.05) is 38.1 Å². The van der Waals surface area contributed by atoms with Crippen LogP contribution >= 0.6 is 0 Å². The molecule has 1 atom stereocenters. The van der Waals surface area contributed by atoms with E-state index in [1.807, 2.05) is 12.1 Å². The molecule has 0 bridgehead atoms. The van der Waals surface area contributed by atoms with E-state index in [0.717, 1.165) is 23.4 Å². The van der Waals surface area contributed by atoms with Crippen molar-refractivity contribution in [3.8, 4) is 5.75 Å². The molecule has 1 N–H and O–H groups in total. The number of carbonyl (C=O) groups is 2.